The van der Waals surface area contributed by atoms with E-state index in [0.717, 1.165) is 16.8 Å². The minimum atomic E-state index is -0.156. The number of ether oxygens (including phenoxy) is 2. The molecule has 0 saturated carbocycles. The first-order chi connectivity index (χ1) is 19.1. The number of morpholine rings is 1. The average Bonchev–Trinajstić information content (AvgIpc) is 2.96. The van der Waals surface area contributed by atoms with E-state index in [4.69, 9.17) is 9.47 Å². The topological polar surface area (TPSA) is 92.4 Å². The van der Waals surface area contributed by atoms with E-state index in [1.807, 2.05) is 31.5 Å². The number of fused-ring (bicyclic) bond motifs is 2. The van der Waals surface area contributed by atoms with Gasteiger partial charge in [-0.1, -0.05) is 35.7 Å². The molecule has 0 amide bonds. The third kappa shape index (κ3) is 5.56. The van der Waals surface area contributed by atoms with Crippen LogP contribution >= 0.6 is 23.5 Å². The molecular weight excluding hydrogens is 530 g/mol. The van der Waals surface area contributed by atoms with Gasteiger partial charge in [-0.15, -0.1) is 0 Å². The van der Waals surface area contributed by atoms with Gasteiger partial charge in [-0.3, -0.25) is 4.79 Å². The molecule has 0 spiro atoms. The van der Waals surface area contributed by atoms with Crippen LogP contribution in [0.25, 0.3) is 0 Å². The van der Waals surface area contributed by atoms with E-state index >= 15 is 0 Å². The van der Waals surface area contributed by atoms with Crippen LogP contribution in [-0.4, -0.2) is 48.4 Å². The van der Waals surface area contributed by atoms with Crippen LogP contribution in [-0.2, 0) is 9.47 Å². The van der Waals surface area contributed by atoms with Gasteiger partial charge in [-0.2, -0.15) is 0 Å². The van der Waals surface area contributed by atoms with Crippen LogP contribution < -0.4 is 15.8 Å². The van der Waals surface area contributed by atoms with Gasteiger partial charge in [0.15, 0.2) is 5.82 Å². The minimum Gasteiger partial charge on any atom is -0.382 e. The molecular formula is C29H29N5O3S2. The first-order valence-electron chi connectivity index (χ1n) is 12.8. The van der Waals surface area contributed by atoms with E-state index < -0.39 is 0 Å². The summed E-state index contributed by atoms with van der Waals surface area (Å²) in [7, 11) is 1.68. The van der Waals surface area contributed by atoms with Gasteiger partial charge in [0.1, 0.15) is 17.8 Å². The molecule has 2 atom stereocenters. The zero-order chi connectivity index (χ0) is 26.8. The molecule has 10 heteroatoms. The van der Waals surface area contributed by atoms with Gasteiger partial charge in [0.05, 0.1) is 13.2 Å². The van der Waals surface area contributed by atoms with E-state index in [9.17, 15) is 4.79 Å². The van der Waals surface area contributed by atoms with Gasteiger partial charge < -0.3 is 24.7 Å². The fourth-order valence-electron chi connectivity index (χ4n) is 4.82. The standard InChI is InChI=1S/C29H29N5O3S2/c1-18-14-31-28(32-15-18)21(17-36-2)33-19-8-9-24-26(13-19)38-25-7-3-5-20(27(25)39-24)23-16-34(11-12-37-23)22-6-4-10-30-29(22)35/h3-10,13-15,21,23,33H,11-12,16-17H2,1-2H3,(H,30,35). The van der Waals surface area contributed by atoms with Gasteiger partial charge in [0.25, 0.3) is 5.56 Å². The Morgan fingerprint density at radius 2 is 2.00 bits per heavy atom. The van der Waals surface area contributed by atoms with Gasteiger partial charge >= 0.3 is 0 Å². The number of H-pyrrole nitrogens is 1. The zero-order valence-electron chi connectivity index (χ0n) is 21.7. The van der Waals surface area contributed by atoms with Crippen molar-refractivity contribution in [1.82, 2.24) is 15.0 Å². The van der Waals surface area contributed by atoms with Crippen LogP contribution in [0.2, 0.25) is 0 Å². The number of hydrogen-bond acceptors (Lipinski definition) is 9. The number of aromatic nitrogens is 3. The predicted molar refractivity (Wildman–Crippen MR) is 154 cm³/mol. The fourth-order valence-corrected chi connectivity index (χ4v) is 7.27. The number of pyridine rings is 1. The molecule has 200 valence electrons. The summed E-state index contributed by atoms with van der Waals surface area (Å²) in [6, 6.07) is 16.4. The van der Waals surface area contributed by atoms with Crippen LogP contribution in [0, 0.1) is 6.92 Å². The Labute approximate surface area is 235 Å². The number of benzene rings is 2. The molecule has 2 unspecified atom stereocenters. The smallest absolute Gasteiger partial charge is 0.271 e. The number of aryl methyl sites for hydroxylation is 1. The van der Waals surface area contributed by atoms with Crippen molar-refractivity contribution in [1.29, 1.82) is 0 Å². The second-order valence-electron chi connectivity index (χ2n) is 9.50. The fraction of sp³-hybridized carbons (Fsp3) is 0.276. The van der Waals surface area contributed by atoms with Crippen molar-refractivity contribution in [3.63, 3.8) is 0 Å². The van der Waals surface area contributed by atoms with Crippen LogP contribution in [0.15, 0.2) is 91.5 Å². The first-order valence-corrected chi connectivity index (χ1v) is 14.4. The first kappa shape index (κ1) is 25.9. The molecule has 4 aromatic rings. The average molecular weight is 560 g/mol. The van der Waals surface area contributed by atoms with Crippen LogP contribution in [0.3, 0.4) is 0 Å². The highest BCUT2D eigenvalue weighted by Crippen LogP contribution is 2.52. The molecule has 1 fully saturated rings. The molecule has 2 aromatic carbocycles. The predicted octanol–water partition coefficient (Wildman–Crippen LogP) is 5.47. The Morgan fingerprint density at radius 3 is 2.82 bits per heavy atom. The molecule has 6 rings (SSSR count). The second kappa shape index (κ2) is 11.4. The van der Waals surface area contributed by atoms with E-state index in [1.54, 1.807) is 36.8 Å². The maximum absolute atomic E-state index is 12.4. The maximum Gasteiger partial charge on any atom is 0.271 e. The summed E-state index contributed by atoms with van der Waals surface area (Å²) in [5.74, 6) is 0.705. The summed E-state index contributed by atoms with van der Waals surface area (Å²) < 4.78 is 11.7. The summed E-state index contributed by atoms with van der Waals surface area (Å²) in [4.78, 5) is 31.1. The summed E-state index contributed by atoms with van der Waals surface area (Å²) >= 11 is 3.54. The molecule has 2 N–H and O–H groups in total. The third-order valence-corrected chi connectivity index (χ3v) is 9.34. The number of nitrogens with zero attached hydrogens (tertiary/aromatic N) is 3. The van der Waals surface area contributed by atoms with Crippen LogP contribution in [0.1, 0.15) is 29.1 Å². The number of anilines is 2. The van der Waals surface area contributed by atoms with Gasteiger partial charge in [0, 0.05) is 64.1 Å². The lowest BCUT2D eigenvalue weighted by atomic mass is 10.1. The number of methoxy groups -OCH3 is 1. The molecule has 2 aliphatic heterocycles. The van der Waals surface area contributed by atoms with Crippen molar-refractivity contribution in [2.45, 2.75) is 38.7 Å². The summed E-state index contributed by atoms with van der Waals surface area (Å²) in [6.07, 6.45) is 5.20. The van der Waals surface area contributed by atoms with Crippen molar-refractivity contribution in [2.75, 3.05) is 43.6 Å². The van der Waals surface area contributed by atoms with Crippen LogP contribution in [0.4, 0.5) is 11.4 Å². The Balaban J connectivity index is 1.22. The molecule has 2 aliphatic rings. The second-order valence-corrected chi connectivity index (χ2v) is 11.6. The van der Waals surface area contributed by atoms with E-state index in [2.05, 4.69) is 61.6 Å². The Hall–Kier alpha value is -3.31. The molecule has 8 nitrogen and oxygen atoms in total. The molecule has 4 heterocycles. The monoisotopic (exact) mass is 559 g/mol. The van der Waals surface area contributed by atoms with E-state index in [1.165, 1.54) is 19.6 Å². The molecule has 39 heavy (non-hydrogen) atoms. The molecule has 1 saturated heterocycles. The Morgan fingerprint density at radius 1 is 1.13 bits per heavy atom. The lowest BCUT2D eigenvalue weighted by molar-refractivity contribution is 0.0378. The van der Waals surface area contributed by atoms with Gasteiger partial charge in [-0.25, -0.2) is 9.97 Å². The highest BCUT2D eigenvalue weighted by atomic mass is 32.2. The summed E-state index contributed by atoms with van der Waals surface area (Å²) in [5.41, 5.74) is 3.79. The lowest BCUT2D eigenvalue weighted by Gasteiger charge is -2.35. The Kier molecular flexibility index (Phi) is 7.60. The summed E-state index contributed by atoms with van der Waals surface area (Å²) in [5, 5.41) is 3.55. The molecule has 0 aliphatic carbocycles. The molecule has 0 radical (unpaired) electrons. The maximum atomic E-state index is 12.4. The highest BCUT2D eigenvalue weighted by Gasteiger charge is 2.29. The number of nitrogens with one attached hydrogen (secondary N) is 2. The third-order valence-electron chi connectivity index (χ3n) is 6.72. The van der Waals surface area contributed by atoms with E-state index in [0.29, 0.717) is 37.8 Å². The molecule has 2 aromatic heterocycles. The number of rotatable bonds is 7. The van der Waals surface area contributed by atoms with Crippen molar-refractivity contribution < 1.29 is 9.47 Å². The quantitative estimate of drug-likeness (QED) is 0.269. The molecule has 0 bridgehead atoms. The van der Waals surface area contributed by atoms with Crippen molar-refractivity contribution in [3.05, 3.63) is 94.4 Å². The number of aromatic amines is 1. The largest absolute Gasteiger partial charge is 0.382 e. The normalized spacial score (nSPS) is 17.3. The lowest BCUT2D eigenvalue weighted by Crippen LogP contribution is -2.41. The summed E-state index contributed by atoms with van der Waals surface area (Å²) in [6.45, 7) is 4.33. The minimum absolute atomic E-state index is 0.0711. The SMILES string of the molecule is COCC(Nc1ccc2c(c1)Sc1cccc(C3CN(c4ccc[nH]c4=O)CCO3)c1S2)c1ncc(C)cn1. The number of hydrogen-bond donors (Lipinski definition) is 2. The Bertz CT molecular complexity index is 1530. The van der Waals surface area contributed by atoms with Crippen LogP contribution in [0.5, 0.6) is 0 Å². The zero-order valence-corrected chi connectivity index (χ0v) is 23.3. The van der Waals surface area contributed by atoms with Gasteiger partial charge in [0.2, 0.25) is 0 Å². The van der Waals surface area contributed by atoms with Gasteiger partial charge in [-0.05, 0) is 54.4 Å². The van der Waals surface area contributed by atoms with E-state index in [-0.39, 0.29) is 17.7 Å². The highest BCUT2D eigenvalue weighted by molar-refractivity contribution is 8.05. The van der Waals surface area contributed by atoms with Crippen molar-refractivity contribution in [3.8, 4) is 0 Å². The van der Waals surface area contributed by atoms with Crippen molar-refractivity contribution >= 4 is 34.9 Å². The van der Waals surface area contributed by atoms with Crippen molar-refractivity contribution in [2.24, 2.45) is 0 Å².